The van der Waals surface area contributed by atoms with Crippen LogP contribution in [0, 0.1) is 11.3 Å². The lowest BCUT2D eigenvalue weighted by Gasteiger charge is -2.49. The molecule has 2 heterocycles. The third kappa shape index (κ3) is 5.09. The van der Waals surface area contributed by atoms with E-state index in [9.17, 15) is 9.90 Å². The maximum Gasteiger partial charge on any atom is 0.219 e. The van der Waals surface area contributed by atoms with Crippen LogP contribution in [0.2, 0.25) is 0 Å². The van der Waals surface area contributed by atoms with Crippen LogP contribution in [0.1, 0.15) is 79.1 Å². The van der Waals surface area contributed by atoms with Gasteiger partial charge < -0.3 is 19.6 Å². The minimum absolute atomic E-state index is 0.0738. The molecule has 3 aliphatic rings. The molecule has 1 amide bonds. The molecule has 1 saturated carbocycles. The third-order valence-electron chi connectivity index (χ3n) is 7.94. The van der Waals surface area contributed by atoms with E-state index in [-0.39, 0.29) is 11.5 Å². The molecule has 3 rings (SSSR count). The maximum absolute atomic E-state index is 11.8. The van der Waals surface area contributed by atoms with Crippen molar-refractivity contribution in [3.05, 3.63) is 0 Å². The number of aliphatic hydroxyl groups is 1. The predicted octanol–water partition coefficient (Wildman–Crippen LogP) is 3.45. The molecule has 1 N–H and O–H groups in total. The molecule has 1 atom stereocenters. The van der Waals surface area contributed by atoms with Crippen LogP contribution in [0.3, 0.4) is 0 Å². The summed E-state index contributed by atoms with van der Waals surface area (Å²) in [6.45, 7) is 12.2. The number of hydrogen-bond donors (Lipinski definition) is 1. The van der Waals surface area contributed by atoms with Crippen LogP contribution in [0.4, 0.5) is 0 Å². The van der Waals surface area contributed by atoms with Crippen molar-refractivity contribution >= 4 is 5.91 Å². The fourth-order valence-electron chi connectivity index (χ4n) is 5.65. The van der Waals surface area contributed by atoms with Gasteiger partial charge in [-0.2, -0.15) is 0 Å². The Morgan fingerprint density at radius 1 is 1.14 bits per heavy atom. The van der Waals surface area contributed by atoms with Crippen molar-refractivity contribution < 1.29 is 14.6 Å². The van der Waals surface area contributed by atoms with E-state index in [1.165, 1.54) is 0 Å². The van der Waals surface area contributed by atoms with Crippen LogP contribution >= 0.6 is 0 Å². The van der Waals surface area contributed by atoms with Crippen molar-refractivity contribution in [3.8, 4) is 0 Å². The summed E-state index contributed by atoms with van der Waals surface area (Å²) in [5, 5.41) is 11.2. The average Bonchev–Trinajstić information content (AvgIpc) is 2.63. The first-order valence-corrected chi connectivity index (χ1v) is 11.3. The van der Waals surface area contributed by atoms with E-state index in [2.05, 4.69) is 25.7 Å². The van der Waals surface area contributed by atoms with Crippen molar-refractivity contribution in [1.29, 1.82) is 0 Å². The molecule has 5 heteroatoms. The number of rotatable bonds is 3. The van der Waals surface area contributed by atoms with E-state index in [0.29, 0.717) is 11.5 Å². The standard InChI is InChI=1S/C23H42N2O3/c1-18(26)24(5)20-8-15-28-23(16-20)11-13-25(14-12-23)17-22(27)9-6-19(7-10-22)21(2,3)4/h19-20,27H,6-17H2,1-5H3. The van der Waals surface area contributed by atoms with Gasteiger partial charge >= 0.3 is 0 Å². The second-order valence-corrected chi connectivity index (χ2v) is 10.9. The smallest absolute Gasteiger partial charge is 0.219 e. The highest BCUT2D eigenvalue weighted by Crippen LogP contribution is 2.42. The Kier molecular flexibility index (Phi) is 6.48. The average molecular weight is 395 g/mol. The van der Waals surface area contributed by atoms with Gasteiger partial charge in [-0.15, -0.1) is 0 Å². The number of likely N-dealkylation sites (tertiary alicyclic amines) is 1. The Hall–Kier alpha value is -0.650. The van der Waals surface area contributed by atoms with Gasteiger partial charge in [-0.05, 0) is 62.7 Å². The summed E-state index contributed by atoms with van der Waals surface area (Å²) in [6.07, 6.45) is 8.05. The highest BCUT2D eigenvalue weighted by molar-refractivity contribution is 5.73. The molecule has 0 bridgehead atoms. The number of β-amino-alcohol motifs (C(OH)–C–C–N with tert-alkyl or cyclic N) is 1. The van der Waals surface area contributed by atoms with Gasteiger partial charge in [-0.1, -0.05) is 20.8 Å². The molecule has 0 radical (unpaired) electrons. The number of carbonyl (C=O) groups excluding carboxylic acids is 1. The Morgan fingerprint density at radius 2 is 1.75 bits per heavy atom. The predicted molar refractivity (Wildman–Crippen MR) is 112 cm³/mol. The zero-order valence-corrected chi connectivity index (χ0v) is 18.8. The Labute approximate surface area is 171 Å². The van der Waals surface area contributed by atoms with Crippen LogP contribution in [0.15, 0.2) is 0 Å². The Balaban J connectivity index is 1.50. The van der Waals surface area contributed by atoms with Crippen LogP contribution in [0.25, 0.3) is 0 Å². The molecule has 1 spiro atoms. The minimum atomic E-state index is -0.517. The van der Waals surface area contributed by atoms with E-state index in [0.717, 1.165) is 83.5 Å². The minimum Gasteiger partial charge on any atom is -0.389 e. The molecule has 0 aromatic carbocycles. The fraction of sp³-hybridized carbons (Fsp3) is 0.957. The van der Waals surface area contributed by atoms with Gasteiger partial charge in [0.1, 0.15) is 0 Å². The van der Waals surface area contributed by atoms with E-state index < -0.39 is 5.60 Å². The molecule has 28 heavy (non-hydrogen) atoms. The van der Waals surface area contributed by atoms with Gasteiger partial charge in [-0.25, -0.2) is 0 Å². The van der Waals surface area contributed by atoms with Gasteiger partial charge in [0, 0.05) is 46.3 Å². The fourth-order valence-corrected chi connectivity index (χ4v) is 5.65. The van der Waals surface area contributed by atoms with Crippen molar-refractivity contribution in [3.63, 3.8) is 0 Å². The van der Waals surface area contributed by atoms with E-state index >= 15 is 0 Å². The maximum atomic E-state index is 11.8. The molecule has 0 aromatic rings. The van der Waals surface area contributed by atoms with Gasteiger partial charge in [-0.3, -0.25) is 4.79 Å². The summed E-state index contributed by atoms with van der Waals surface area (Å²) >= 11 is 0. The monoisotopic (exact) mass is 394 g/mol. The first-order valence-electron chi connectivity index (χ1n) is 11.3. The highest BCUT2D eigenvalue weighted by atomic mass is 16.5. The molecule has 1 unspecified atom stereocenters. The number of ether oxygens (including phenoxy) is 1. The molecule has 2 aliphatic heterocycles. The summed E-state index contributed by atoms with van der Waals surface area (Å²) in [5.41, 5.74) is -0.243. The highest BCUT2D eigenvalue weighted by Gasteiger charge is 2.44. The summed E-state index contributed by atoms with van der Waals surface area (Å²) in [7, 11) is 1.92. The van der Waals surface area contributed by atoms with E-state index in [1.807, 2.05) is 11.9 Å². The van der Waals surface area contributed by atoms with Gasteiger partial charge in [0.2, 0.25) is 5.91 Å². The van der Waals surface area contributed by atoms with Crippen molar-refractivity contribution in [1.82, 2.24) is 9.80 Å². The molecule has 5 nitrogen and oxygen atoms in total. The van der Waals surface area contributed by atoms with Crippen LogP contribution in [-0.2, 0) is 9.53 Å². The Morgan fingerprint density at radius 3 is 2.29 bits per heavy atom. The molecular formula is C23H42N2O3. The zero-order valence-electron chi connectivity index (χ0n) is 18.8. The second kappa shape index (κ2) is 8.23. The lowest BCUT2D eigenvalue weighted by molar-refractivity contribution is -0.149. The topological polar surface area (TPSA) is 53.0 Å². The second-order valence-electron chi connectivity index (χ2n) is 10.9. The zero-order chi connectivity index (χ0) is 20.6. The molecule has 162 valence electrons. The lowest BCUT2D eigenvalue weighted by Crippen LogP contribution is -2.56. The van der Waals surface area contributed by atoms with Crippen molar-refractivity contribution in [2.45, 2.75) is 96.3 Å². The van der Waals surface area contributed by atoms with Crippen molar-refractivity contribution in [2.24, 2.45) is 11.3 Å². The number of amides is 1. The third-order valence-corrected chi connectivity index (χ3v) is 7.94. The summed E-state index contributed by atoms with van der Waals surface area (Å²) in [6, 6.07) is 0.301. The SMILES string of the molecule is CC(=O)N(C)C1CCOC2(CCN(CC3(O)CCC(C(C)(C)C)CC3)CC2)C1. The van der Waals surface area contributed by atoms with Crippen LogP contribution < -0.4 is 0 Å². The van der Waals surface area contributed by atoms with Gasteiger partial charge in [0.15, 0.2) is 0 Å². The molecule has 0 aromatic heterocycles. The van der Waals surface area contributed by atoms with Gasteiger partial charge in [0.25, 0.3) is 0 Å². The largest absolute Gasteiger partial charge is 0.389 e. The van der Waals surface area contributed by atoms with E-state index in [4.69, 9.17) is 4.74 Å². The molecule has 3 fully saturated rings. The normalized spacial score (nSPS) is 34.4. The van der Waals surface area contributed by atoms with E-state index in [1.54, 1.807) is 6.92 Å². The number of nitrogens with zero attached hydrogens (tertiary/aromatic N) is 2. The quantitative estimate of drug-likeness (QED) is 0.797. The number of hydrogen-bond acceptors (Lipinski definition) is 4. The Bertz CT molecular complexity index is 541. The molecular weight excluding hydrogens is 352 g/mol. The number of piperidine rings is 1. The van der Waals surface area contributed by atoms with Crippen LogP contribution in [0.5, 0.6) is 0 Å². The number of carbonyl (C=O) groups is 1. The molecule has 1 aliphatic carbocycles. The summed E-state index contributed by atoms with van der Waals surface area (Å²) in [5.74, 6) is 0.871. The molecule has 2 saturated heterocycles. The first kappa shape index (κ1) is 22.0. The summed E-state index contributed by atoms with van der Waals surface area (Å²) < 4.78 is 6.25. The van der Waals surface area contributed by atoms with Crippen LogP contribution in [-0.4, -0.2) is 71.3 Å². The summed E-state index contributed by atoms with van der Waals surface area (Å²) in [4.78, 5) is 16.1. The lowest BCUT2D eigenvalue weighted by atomic mass is 9.68. The van der Waals surface area contributed by atoms with Crippen molar-refractivity contribution in [2.75, 3.05) is 33.3 Å². The first-order chi connectivity index (χ1) is 13.0. The van der Waals surface area contributed by atoms with Gasteiger partial charge in [0.05, 0.1) is 11.2 Å².